The maximum atomic E-state index is 5.99. The molecule has 0 bridgehead atoms. The molecule has 0 saturated heterocycles. The Bertz CT molecular complexity index is 381. The van der Waals surface area contributed by atoms with Crippen molar-refractivity contribution in [3.63, 3.8) is 0 Å². The fraction of sp³-hybridized carbons (Fsp3) is 0.600. The van der Waals surface area contributed by atoms with Gasteiger partial charge in [0.25, 0.3) is 0 Å². The molecule has 2 rings (SSSR count). The van der Waals surface area contributed by atoms with Gasteiger partial charge in [-0.25, -0.2) is 0 Å². The SMILES string of the molecule is COCC(C)C(CN)N1CCCc2ccccc21. The predicted octanol–water partition coefficient (Wildman–Crippen LogP) is 2.05. The number of ether oxygens (including phenoxy) is 1. The molecule has 0 radical (unpaired) electrons. The zero-order valence-corrected chi connectivity index (χ0v) is 11.4. The third kappa shape index (κ3) is 2.68. The Kier molecular flexibility index (Phi) is 4.61. The standard InChI is InChI=1S/C15H24N2O/c1-12(11-18-2)15(10-16)17-9-5-7-13-6-3-4-8-14(13)17/h3-4,6,8,12,15H,5,7,9-11,16H2,1-2H3. The zero-order valence-electron chi connectivity index (χ0n) is 11.4. The van der Waals surface area contributed by atoms with Gasteiger partial charge in [0.15, 0.2) is 0 Å². The lowest BCUT2D eigenvalue weighted by Gasteiger charge is -2.40. The van der Waals surface area contributed by atoms with Crippen molar-refractivity contribution in [1.29, 1.82) is 0 Å². The van der Waals surface area contributed by atoms with Crippen LogP contribution in [0.25, 0.3) is 0 Å². The van der Waals surface area contributed by atoms with Gasteiger partial charge in [-0.15, -0.1) is 0 Å². The minimum atomic E-state index is 0.367. The number of aryl methyl sites for hydroxylation is 1. The van der Waals surface area contributed by atoms with E-state index in [1.54, 1.807) is 7.11 Å². The second kappa shape index (κ2) is 6.21. The molecule has 100 valence electrons. The van der Waals surface area contributed by atoms with Gasteiger partial charge in [-0.3, -0.25) is 0 Å². The average molecular weight is 248 g/mol. The summed E-state index contributed by atoms with van der Waals surface area (Å²) in [6.45, 7) is 4.77. The highest BCUT2D eigenvalue weighted by molar-refractivity contribution is 5.56. The number of anilines is 1. The number of fused-ring (bicyclic) bond motifs is 1. The molecule has 0 spiro atoms. The van der Waals surface area contributed by atoms with E-state index in [1.807, 2.05) is 0 Å². The van der Waals surface area contributed by atoms with Crippen molar-refractivity contribution >= 4 is 5.69 Å². The number of para-hydroxylation sites is 1. The molecule has 1 aromatic rings. The summed E-state index contributed by atoms with van der Waals surface area (Å²) >= 11 is 0. The van der Waals surface area contributed by atoms with Gasteiger partial charge in [-0.1, -0.05) is 25.1 Å². The summed E-state index contributed by atoms with van der Waals surface area (Å²) in [4.78, 5) is 2.47. The average Bonchev–Trinajstić information content (AvgIpc) is 2.40. The summed E-state index contributed by atoms with van der Waals surface area (Å²) in [6, 6.07) is 9.06. The first kappa shape index (κ1) is 13.4. The molecule has 0 amide bonds. The Labute approximate surface area is 110 Å². The summed E-state index contributed by atoms with van der Waals surface area (Å²) < 4.78 is 5.28. The third-order valence-electron chi connectivity index (χ3n) is 3.87. The minimum absolute atomic E-state index is 0.367. The van der Waals surface area contributed by atoms with Gasteiger partial charge in [0.1, 0.15) is 0 Å². The molecule has 1 aromatic carbocycles. The lowest BCUT2D eigenvalue weighted by Crippen LogP contribution is -2.48. The topological polar surface area (TPSA) is 38.5 Å². The van der Waals surface area contributed by atoms with Crippen LogP contribution in [0, 0.1) is 5.92 Å². The van der Waals surface area contributed by atoms with Crippen LogP contribution in [0.4, 0.5) is 5.69 Å². The molecule has 0 saturated carbocycles. The number of nitrogens with zero attached hydrogens (tertiary/aromatic N) is 1. The quantitative estimate of drug-likeness (QED) is 0.866. The number of nitrogens with two attached hydrogens (primary N) is 1. The third-order valence-corrected chi connectivity index (χ3v) is 3.87. The molecule has 1 heterocycles. The monoisotopic (exact) mass is 248 g/mol. The first-order chi connectivity index (χ1) is 8.77. The molecule has 3 heteroatoms. The van der Waals surface area contributed by atoms with E-state index in [4.69, 9.17) is 10.5 Å². The molecular weight excluding hydrogens is 224 g/mol. The first-order valence-corrected chi connectivity index (χ1v) is 6.81. The molecule has 2 atom stereocenters. The normalized spacial score (nSPS) is 18.3. The van der Waals surface area contributed by atoms with Gasteiger partial charge in [-0.05, 0) is 24.5 Å². The van der Waals surface area contributed by atoms with Crippen LogP contribution in [-0.4, -0.2) is 32.8 Å². The van der Waals surface area contributed by atoms with Gasteiger partial charge < -0.3 is 15.4 Å². The molecule has 0 aromatic heterocycles. The number of benzene rings is 1. The van der Waals surface area contributed by atoms with Crippen LogP contribution in [0.1, 0.15) is 18.9 Å². The molecule has 18 heavy (non-hydrogen) atoms. The smallest absolute Gasteiger partial charge is 0.0507 e. The zero-order chi connectivity index (χ0) is 13.0. The van der Waals surface area contributed by atoms with Crippen molar-refractivity contribution in [3.05, 3.63) is 29.8 Å². The van der Waals surface area contributed by atoms with Crippen molar-refractivity contribution in [2.75, 3.05) is 31.7 Å². The molecule has 1 aliphatic heterocycles. The highest BCUT2D eigenvalue weighted by Gasteiger charge is 2.26. The fourth-order valence-corrected chi connectivity index (χ4v) is 2.95. The maximum Gasteiger partial charge on any atom is 0.0507 e. The lowest BCUT2D eigenvalue weighted by atomic mass is 9.95. The summed E-state index contributed by atoms with van der Waals surface area (Å²) in [5.41, 5.74) is 8.81. The van der Waals surface area contributed by atoms with Gasteiger partial charge in [0.2, 0.25) is 0 Å². The second-order valence-electron chi connectivity index (χ2n) is 5.16. The van der Waals surface area contributed by atoms with Crippen molar-refractivity contribution < 1.29 is 4.74 Å². The van der Waals surface area contributed by atoms with E-state index in [-0.39, 0.29) is 0 Å². The number of rotatable bonds is 5. The van der Waals surface area contributed by atoms with Gasteiger partial charge >= 0.3 is 0 Å². The van der Waals surface area contributed by atoms with E-state index in [0.717, 1.165) is 13.2 Å². The van der Waals surface area contributed by atoms with Gasteiger partial charge in [-0.2, -0.15) is 0 Å². The van der Waals surface area contributed by atoms with E-state index < -0.39 is 0 Å². The molecule has 1 aliphatic rings. The van der Waals surface area contributed by atoms with E-state index in [1.165, 1.54) is 24.1 Å². The highest BCUT2D eigenvalue weighted by Crippen LogP contribution is 2.30. The van der Waals surface area contributed by atoms with E-state index in [0.29, 0.717) is 18.5 Å². The van der Waals surface area contributed by atoms with Gasteiger partial charge in [0, 0.05) is 37.8 Å². The van der Waals surface area contributed by atoms with Gasteiger partial charge in [0.05, 0.1) is 6.61 Å². The van der Waals surface area contributed by atoms with E-state index >= 15 is 0 Å². The van der Waals surface area contributed by atoms with E-state index in [9.17, 15) is 0 Å². The summed E-state index contributed by atoms with van der Waals surface area (Å²) in [5.74, 6) is 0.450. The first-order valence-electron chi connectivity index (χ1n) is 6.81. The maximum absolute atomic E-state index is 5.99. The van der Waals surface area contributed by atoms with Crippen molar-refractivity contribution in [2.24, 2.45) is 11.7 Å². The Hall–Kier alpha value is -1.06. The number of hydrogen-bond acceptors (Lipinski definition) is 3. The lowest BCUT2D eigenvalue weighted by molar-refractivity contribution is 0.146. The van der Waals surface area contributed by atoms with Crippen LogP contribution >= 0.6 is 0 Å². The fourth-order valence-electron chi connectivity index (χ4n) is 2.95. The van der Waals surface area contributed by atoms with Crippen LogP contribution in [0.2, 0.25) is 0 Å². The van der Waals surface area contributed by atoms with Crippen LogP contribution in [0.15, 0.2) is 24.3 Å². The Morgan fingerprint density at radius 1 is 1.39 bits per heavy atom. The van der Waals surface area contributed by atoms with E-state index in [2.05, 4.69) is 36.1 Å². The minimum Gasteiger partial charge on any atom is -0.384 e. The molecular formula is C15H24N2O. The molecule has 2 unspecified atom stereocenters. The highest BCUT2D eigenvalue weighted by atomic mass is 16.5. The van der Waals surface area contributed by atoms with Crippen LogP contribution in [-0.2, 0) is 11.2 Å². The second-order valence-corrected chi connectivity index (χ2v) is 5.16. The van der Waals surface area contributed by atoms with Crippen molar-refractivity contribution in [3.8, 4) is 0 Å². The molecule has 0 aliphatic carbocycles. The number of hydrogen-bond donors (Lipinski definition) is 1. The summed E-state index contributed by atoms with van der Waals surface area (Å²) in [5, 5.41) is 0. The molecule has 3 nitrogen and oxygen atoms in total. The summed E-state index contributed by atoms with van der Waals surface area (Å²) in [6.07, 6.45) is 2.40. The van der Waals surface area contributed by atoms with Crippen molar-refractivity contribution in [2.45, 2.75) is 25.8 Å². The van der Waals surface area contributed by atoms with Crippen LogP contribution in [0.3, 0.4) is 0 Å². The Morgan fingerprint density at radius 2 is 2.17 bits per heavy atom. The number of methoxy groups -OCH3 is 1. The Balaban J connectivity index is 2.22. The van der Waals surface area contributed by atoms with Crippen LogP contribution in [0.5, 0.6) is 0 Å². The predicted molar refractivity (Wildman–Crippen MR) is 76.0 cm³/mol. The van der Waals surface area contributed by atoms with Crippen LogP contribution < -0.4 is 10.6 Å². The summed E-state index contributed by atoms with van der Waals surface area (Å²) in [7, 11) is 1.76. The largest absolute Gasteiger partial charge is 0.384 e. The Morgan fingerprint density at radius 3 is 2.89 bits per heavy atom. The molecule has 0 fully saturated rings. The molecule has 2 N–H and O–H groups in total. The van der Waals surface area contributed by atoms with Crippen molar-refractivity contribution in [1.82, 2.24) is 0 Å².